The van der Waals surface area contributed by atoms with E-state index in [2.05, 4.69) is 10.2 Å². The van der Waals surface area contributed by atoms with E-state index in [0.29, 0.717) is 0 Å². The molecule has 1 aromatic carbocycles. The van der Waals surface area contributed by atoms with Crippen LogP contribution in [0.15, 0.2) is 41.6 Å². The molecule has 18 heavy (non-hydrogen) atoms. The summed E-state index contributed by atoms with van der Waals surface area (Å²) >= 11 is 0. The Labute approximate surface area is 104 Å². The van der Waals surface area contributed by atoms with Crippen LogP contribution in [0.25, 0.3) is 0 Å². The maximum atomic E-state index is 11.6. The molecule has 0 fully saturated rings. The van der Waals surface area contributed by atoms with E-state index in [0.717, 1.165) is 6.26 Å². The largest absolute Gasteiger partial charge is 0.423 e. The van der Waals surface area contributed by atoms with Crippen molar-refractivity contribution in [3.63, 3.8) is 0 Å². The molecule has 0 radical (unpaired) electrons. The fourth-order valence-corrected chi connectivity index (χ4v) is 1.95. The molecule has 2 aromatic rings. The zero-order chi connectivity index (χ0) is 13.2. The number of carbonyl (C=O) groups is 1. The first kappa shape index (κ1) is 12.3. The number of hydrogen-bond acceptors (Lipinski definition) is 5. The van der Waals surface area contributed by atoms with E-state index < -0.39 is 15.8 Å². The number of nitrogens with one attached hydrogen (secondary N) is 1. The maximum Gasteiger partial charge on any atom is 0.346 e. The van der Waals surface area contributed by atoms with Crippen LogP contribution < -0.4 is 4.74 Å². The van der Waals surface area contributed by atoms with Gasteiger partial charge in [0.05, 0.1) is 16.7 Å². The number of benzene rings is 1. The molecule has 0 bridgehead atoms. The summed E-state index contributed by atoms with van der Waals surface area (Å²) in [7, 11) is -3.32. The summed E-state index contributed by atoms with van der Waals surface area (Å²) in [6.45, 7) is 0. The number of rotatable bonds is 3. The fraction of sp³-hybridized carbons (Fsp3) is 0.0909. The highest BCUT2D eigenvalue weighted by atomic mass is 32.2. The number of nitrogens with zero attached hydrogens (tertiary/aromatic N) is 1. The van der Waals surface area contributed by atoms with Gasteiger partial charge in [-0.3, -0.25) is 5.10 Å². The van der Waals surface area contributed by atoms with Crippen LogP contribution >= 0.6 is 0 Å². The Kier molecular flexibility index (Phi) is 3.15. The third kappa shape index (κ3) is 2.75. The first-order valence-electron chi connectivity index (χ1n) is 4.98. The van der Waals surface area contributed by atoms with Gasteiger partial charge in [-0.05, 0) is 18.2 Å². The topological polar surface area (TPSA) is 89.1 Å². The van der Waals surface area contributed by atoms with Crippen molar-refractivity contribution in [2.24, 2.45) is 0 Å². The Bertz CT molecular complexity index is 662. The number of H-pyrrole nitrogens is 1. The zero-order valence-electron chi connectivity index (χ0n) is 9.45. The molecule has 0 saturated carbocycles. The van der Waals surface area contributed by atoms with Crippen molar-refractivity contribution in [3.8, 4) is 5.75 Å². The second-order valence-electron chi connectivity index (χ2n) is 3.62. The summed E-state index contributed by atoms with van der Waals surface area (Å²) in [5, 5.41) is 6.11. The minimum atomic E-state index is -3.32. The van der Waals surface area contributed by atoms with Gasteiger partial charge in [0.25, 0.3) is 0 Å². The Morgan fingerprint density at radius 1 is 1.39 bits per heavy atom. The zero-order valence-corrected chi connectivity index (χ0v) is 10.3. The third-order valence-corrected chi connectivity index (χ3v) is 3.29. The number of ether oxygens (including phenoxy) is 1. The van der Waals surface area contributed by atoms with Gasteiger partial charge in [-0.1, -0.05) is 6.07 Å². The molecule has 1 aromatic heterocycles. The van der Waals surface area contributed by atoms with Crippen molar-refractivity contribution in [2.75, 3.05) is 6.26 Å². The van der Waals surface area contributed by atoms with Crippen molar-refractivity contribution in [3.05, 3.63) is 42.2 Å². The number of aromatic nitrogens is 2. The predicted molar refractivity (Wildman–Crippen MR) is 63.1 cm³/mol. The number of carbonyl (C=O) groups excluding carboxylic acids is 1. The van der Waals surface area contributed by atoms with Crippen LogP contribution in [0.4, 0.5) is 0 Å². The molecule has 0 amide bonds. The van der Waals surface area contributed by atoms with Crippen molar-refractivity contribution >= 4 is 15.8 Å². The third-order valence-electron chi connectivity index (χ3n) is 2.18. The van der Waals surface area contributed by atoms with Gasteiger partial charge in [0, 0.05) is 12.5 Å². The van der Waals surface area contributed by atoms with Gasteiger partial charge < -0.3 is 4.74 Å². The van der Waals surface area contributed by atoms with Crippen LogP contribution in [0.5, 0.6) is 5.75 Å². The van der Waals surface area contributed by atoms with E-state index in [-0.39, 0.29) is 16.2 Å². The minimum absolute atomic E-state index is 0.0972. The van der Waals surface area contributed by atoms with E-state index >= 15 is 0 Å². The molecule has 0 aliphatic carbocycles. The van der Waals surface area contributed by atoms with Gasteiger partial charge in [0.2, 0.25) is 0 Å². The second-order valence-corrected chi connectivity index (χ2v) is 5.64. The lowest BCUT2D eigenvalue weighted by Crippen LogP contribution is -2.08. The van der Waals surface area contributed by atoms with Gasteiger partial charge in [-0.25, -0.2) is 13.2 Å². The number of hydrogen-bond donors (Lipinski definition) is 1. The molecular weight excluding hydrogens is 256 g/mol. The highest BCUT2D eigenvalue weighted by Crippen LogP contribution is 2.18. The molecule has 0 saturated heterocycles. The Hall–Kier alpha value is -2.15. The Morgan fingerprint density at radius 2 is 2.17 bits per heavy atom. The molecule has 7 heteroatoms. The summed E-state index contributed by atoms with van der Waals surface area (Å²) in [4.78, 5) is 11.7. The first-order chi connectivity index (χ1) is 8.47. The van der Waals surface area contributed by atoms with Gasteiger partial charge in [0.1, 0.15) is 5.75 Å². The van der Waals surface area contributed by atoms with Gasteiger partial charge in [-0.2, -0.15) is 5.10 Å². The Balaban J connectivity index is 2.23. The van der Waals surface area contributed by atoms with E-state index in [1.165, 1.54) is 36.7 Å². The summed E-state index contributed by atoms with van der Waals surface area (Å²) in [6.07, 6.45) is 3.80. The van der Waals surface area contributed by atoms with Crippen molar-refractivity contribution in [1.82, 2.24) is 10.2 Å². The van der Waals surface area contributed by atoms with Crippen LogP contribution in [0.3, 0.4) is 0 Å². The molecule has 94 valence electrons. The molecule has 0 unspecified atom stereocenters. The van der Waals surface area contributed by atoms with Gasteiger partial charge in [0.15, 0.2) is 9.84 Å². The smallest absolute Gasteiger partial charge is 0.346 e. The molecule has 1 heterocycles. The van der Waals surface area contributed by atoms with Crippen molar-refractivity contribution in [1.29, 1.82) is 0 Å². The fourth-order valence-electron chi connectivity index (χ4n) is 1.30. The highest BCUT2D eigenvalue weighted by molar-refractivity contribution is 7.90. The van der Waals surface area contributed by atoms with Crippen LogP contribution in [0, 0.1) is 0 Å². The van der Waals surface area contributed by atoms with E-state index in [4.69, 9.17) is 4.74 Å². The molecule has 6 nitrogen and oxygen atoms in total. The average molecular weight is 266 g/mol. The summed E-state index contributed by atoms with van der Waals surface area (Å²) in [6, 6.07) is 5.75. The summed E-state index contributed by atoms with van der Waals surface area (Å²) in [5.41, 5.74) is 0.264. The van der Waals surface area contributed by atoms with E-state index in [1.54, 1.807) is 0 Å². The van der Waals surface area contributed by atoms with Crippen molar-refractivity contribution < 1.29 is 17.9 Å². The average Bonchev–Trinajstić information content (AvgIpc) is 2.81. The van der Waals surface area contributed by atoms with Crippen LogP contribution in [-0.4, -0.2) is 30.8 Å². The lowest BCUT2D eigenvalue weighted by Gasteiger charge is -2.04. The second kappa shape index (κ2) is 4.61. The molecular formula is C11H10N2O4S. The van der Waals surface area contributed by atoms with Crippen molar-refractivity contribution in [2.45, 2.75) is 4.90 Å². The molecule has 2 rings (SSSR count). The standard InChI is InChI=1S/C11H10N2O4S/c1-18(15,16)10-4-2-3-9(5-10)17-11(14)8-6-12-13-7-8/h2-7H,1H3,(H,12,13). The SMILES string of the molecule is CS(=O)(=O)c1cccc(OC(=O)c2cn[nH]c2)c1. The molecule has 0 spiro atoms. The number of aromatic amines is 1. The predicted octanol–water partition coefficient (Wildman–Crippen LogP) is 1.03. The van der Waals surface area contributed by atoms with Gasteiger partial charge in [-0.15, -0.1) is 0 Å². The number of sulfone groups is 1. The van der Waals surface area contributed by atoms with Gasteiger partial charge >= 0.3 is 5.97 Å². The molecule has 1 N–H and O–H groups in total. The summed E-state index contributed by atoms with van der Waals surface area (Å²) in [5.74, 6) is -0.432. The lowest BCUT2D eigenvalue weighted by molar-refractivity contribution is 0.0734. The molecule has 0 aliphatic rings. The van der Waals surface area contributed by atoms with E-state index in [9.17, 15) is 13.2 Å². The minimum Gasteiger partial charge on any atom is -0.423 e. The first-order valence-corrected chi connectivity index (χ1v) is 6.87. The number of esters is 1. The normalized spacial score (nSPS) is 11.2. The molecule has 0 atom stereocenters. The highest BCUT2D eigenvalue weighted by Gasteiger charge is 2.12. The quantitative estimate of drug-likeness (QED) is 0.662. The monoisotopic (exact) mass is 266 g/mol. The Morgan fingerprint density at radius 3 is 2.78 bits per heavy atom. The molecule has 0 aliphatic heterocycles. The lowest BCUT2D eigenvalue weighted by atomic mass is 10.3. The maximum absolute atomic E-state index is 11.6. The van der Waals surface area contributed by atoms with Crippen LogP contribution in [0.1, 0.15) is 10.4 Å². The van der Waals surface area contributed by atoms with E-state index in [1.807, 2.05) is 0 Å². The van der Waals surface area contributed by atoms with Crippen LogP contribution in [-0.2, 0) is 9.84 Å². The van der Waals surface area contributed by atoms with Crippen LogP contribution in [0.2, 0.25) is 0 Å². The summed E-state index contributed by atoms with van der Waals surface area (Å²) < 4.78 is 27.7.